The van der Waals surface area contributed by atoms with Crippen molar-refractivity contribution in [1.29, 1.82) is 0 Å². The highest BCUT2D eigenvalue weighted by atomic mass is 16.4. The molecule has 0 aromatic rings. The molecule has 0 aliphatic rings. The summed E-state index contributed by atoms with van der Waals surface area (Å²) in [5.74, 6) is -2.20. The number of carboxylic acids is 1. The van der Waals surface area contributed by atoms with Gasteiger partial charge in [-0.15, -0.1) is 0 Å². The first-order valence-corrected chi connectivity index (χ1v) is 3.29. The Morgan fingerprint density at radius 3 is 2.25 bits per heavy atom. The lowest BCUT2D eigenvalue weighted by molar-refractivity contribution is -0.138. The molecule has 0 aromatic carbocycles. The summed E-state index contributed by atoms with van der Waals surface area (Å²) in [5, 5.41) is 10.2. The Bertz CT molecular complexity index is 182. The molecule has 0 aromatic heterocycles. The van der Waals surface area contributed by atoms with Gasteiger partial charge in [0.1, 0.15) is 6.54 Å². The van der Waals surface area contributed by atoms with Crippen molar-refractivity contribution in [2.24, 2.45) is 5.73 Å². The van der Waals surface area contributed by atoms with Crippen molar-refractivity contribution >= 4 is 17.8 Å². The third-order valence-corrected chi connectivity index (χ3v) is 1.04. The smallest absolute Gasteiger partial charge is 0.322 e. The predicted molar refractivity (Wildman–Crippen MR) is 39.1 cm³/mol. The van der Waals surface area contributed by atoms with E-state index < -0.39 is 24.3 Å². The normalized spacial score (nSPS) is 9.00. The molecule has 0 radical (unpaired) electrons. The molecule has 0 saturated heterocycles. The van der Waals surface area contributed by atoms with E-state index in [0.29, 0.717) is 0 Å². The summed E-state index contributed by atoms with van der Waals surface area (Å²) in [5.41, 5.74) is 4.76. The Kier molecular flexibility index (Phi) is 4.43. The molecule has 68 valence electrons. The SMILES string of the molecule is NC(=O)CCC(=O)NCC(=O)O. The van der Waals surface area contributed by atoms with Crippen LogP contribution in [0.3, 0.4) is 0 Å². The summed E-state index contributed by atoms with van der Waals surface area (Å²) in [7, 11) is 0. The maximum absolute atomic E-state index is 10.7. The second-order valence-corrected chi connectivity index (χ2v) is 2.14. The van der Waals surface area contributed by atoms with Gasteiger partial charge in [-0.3, -0.25) is 14.4 Å². The lowest BCUT2D eigenvalue weighted by Crippen LogP contribution is -2.29. The predicted octanol–water partition coefficient (Wildman–Crippen LogP) is -1.55. The summed E-state index contributed by atoms with van der Waals surface area (Å²) in [6, 6.07) is 0. The number of hydrogen-bond donors (Lipinski definition) is 3. The summed E-state index contributed by atoms with van der Waals surface area (Å²) in [6.07, 6.45) is -0.131. The van der Waals surface area contributed by atoms with Gasteiger partial charge in [0.05, 0.1) is 0 Å². The molecule has 0 bridgehead atoms. The maximum Gasteiger partial charge on any atom is 0.322 e. The zero-order chi connectivity index (χ0) is 9.56. The summed E-state index contributed by atoms with van der Waals surface area (Å²) < 4.78 is 0. The highest BCUT2D eigenvalue weighted by Gasteiger charge is 2.04. The number of nitrogens with one attached hydrogen (secondary N) is 1. The van der Waals surface area contributed by atoms with Crippen LogP contribution in [-0.2, 0) is 14.4 Å². The van der Waals surface area contributed by atoms with Crippen molar-refractivity contribution < 1.29 is 19.5 Å². The molecular weight excluding hydrogens is 164 g/mol. The Morgan fingerprint density at radius 1 is 1.25 bits per heavy atom. The third kappa shape index (κ3) is 6.53. The lowest BCUT2D eigenvalue weighted by Gasteiger charge is -1.99. The quantitative estimate of drug-likeness (QED) is 0.468. The van der Waals surface area contributed by atoms with Gasteiger partial charge in [-0.25, -0.2) is 0 Å². The molecule has 0 rings (SSSR count). The molecule has 0 unspecified atom stereocenters. The van der Waals surface area contributed by atoms with Crippen molar-refractivity contribution in [2.75, 3.05) is 6.54 Å². The van der Waals surface area contributed by atoms with Gasteiger partial charge in [0.15, 0.2) is 0 Å². The molecule has 12 heavy (non-hydrogen) atoms. The topological polar surface area (TPSA) is 109 Å². The van der Waals surface area contributed by atoms with Gasteiger partial charge in [-0.2, -0.15) is 0 Å². The Labute approximate surface area is 68.7 Å². The fourth-order valence-electron chi connectivity index (χ4n) is 0.499. The lowest BCUT2D eigenvalue weighted by atomic mass is 10.3. The zero-order valence-electron chi connectivity index (χ0n) is 6.37. The number of hydrogen-bond acceptors (Lipinski definition) is 3. The monoisotopic (exact) mass is 174 g/mol. The van der Waals surface area contributed by atoms with Gasteiger partial charge in [-0.1, -0.05) is 0 Å². The van der Waals surface area contributed by atoms with E-state index in [1.54, 1.807) is 0 Å². The minimum absolute atomic E-state index is 0.0640. The van der Waals surface area contributed by atoms with Gasteiger partial charge >= 0.3 is 5.97 Å². The van der Waals surface area contributed by atoms with Gasteiger partial charge in [0, 0.05) is 12.8 Å². The number of rotatable bonds is 5. The highest BCUT2D eigenvalue weighted by molar-refractivity contribution is 5.84. The van der Waals surface area contributed by atoms with Crippen LogP contribution in [0.15, 0.2) is 0 Å². The minimum Gasteiger partial charge on any atom is -0.480 e. The fraction of sp³-hybridized carbons (Fsp3) is 0.500. The standard InChI is InChI=1S/C6H10N2O4/c7-4(9)1-2-5(10)8-3-6(11)12/h1-3H2,(H2,7,9)(H,8,10)(H,11,12). The first-order valence-electron chi connectivity index (χ1n) is 3.29. The molecule has 0 atom stereocenters. The van der Waals surface area contributed by atoms with E-state index in [1.807, 2.05) is 0 Å². The molecule has 0 aliphatic carbocycles. The third-order valence-electron chi connectivity index (χ3n) is 1.04. The van der Waals surface area contributed by atoms with E-state index in [0.717, 1.165) is 0 Å². The molecule has 4 N–H and O–H groups in total. The Morgan fingerprint density at radius 2 is 1.83 bits per heavy atom. The maximum atomic E-state index is 10.7. The van der Waals surface area contributed by atoms with Crippen LogP contribution in [-0.4, -0.2) is 29.4 Å². The first-order chi connectivity index (χ1) is 5.52. The molecule has 6 nitrogen and oxygen atoms in total. The molecule has 0 aliphatic heterocycles. The molecule has 6 heteroatoms. The van der Waals surface area contributed by atoms with Crippen molar-refractivity contribution in [2.45, 2.75) is 12.8 Å². The number of amides is 2. The van der Waals surface area contributed by atoms with Crippen molar-refractivity contribution in [3.8, 4) is 0 Å². The number of nitrogens with two attached hydrogens (primary N) is 1. The van der Waals surface area contributed by atoms with E-state index in [1.165, 1.54) is 0 Å². The van der Waals surface area contributed by atoms with Crippen LogP contribution >= 0.6 is 0 Å². The van der Waals surface area contributed by atoms with E-state index in [4.69, 9.17) is 10.8 Å². The van der Waals surface area contributed by atoms with Crippen molar-refractivity contribution in [1.82, 2.24) is 5.32 Å². The van der Waals surface area contributed by atoms with E-state index in [-0.39, 0.29) is 12.8 Å². The summed E-state index contributed by atoms with van der Waals surface area (Å²) in [6.45, 7) is -0.433. The van der Waals surface area contributed by atoms with Crippen LogP contribution < -0.4 is 11.1 Å². The van der Waals surface area contributed by atoms with Crippen LogP contribution in [0, 0.1) is 0 Å². The Balaban J connectivity index is 3.47. The highest BCUT2D eigenvalue weighted by Crippen LogP contribution is 1.85. The summed E-state index contributed by atoms with van der Waals surface area (Å²) in [4.78, 5) is 30.8. The van der Waals surface area contributed by atoms with Crippen LogP contribution in [0.4, 0.5) is 0 Å². The molecule has 0 spiro atoms. The number of carbonyl (C=O) groups is 3. The van der Waals surface area contributed by atoms with Crippen LogP contribution in [0.1, 0.15) is 12.8 Å². The van der Waals surface area contributed by atoms with Gasteiger partial charge in [0.2, 0.25) is 11.8 Å². The average Bonchev–Trinajstić information content (AvgIpc) is 1.96. The molecular formula is C6H10N2O4. The van der Waals surface area contributed by atoms with E-state index in [2.05, 4.69) is 5.32 Å². The van der Waals surface area contributed by atoms with Crippen LogP contribution in [0.25, 0.3) is 0 Å². The number of carbonyl (C=O) groups excluding carboxylic acids is 2. The van der Waals surface area contributed by atoms with Crippen molar-refractivity contribution in [3.63, 3.8) is 0 Å². The van der Waals surface area contributed by atoms with E-state index in [9.17, 15) is 14.4 Å². The van der Waals surface area contributed by atoms with Crippen LogP contribution in [0.2, 0.25) is 0 Å². The molecule has 0 heterocycles. The van der Waals surface area contributed by atoms with Gasteiger partial charge < -0.3 is 16.2 Å². The fourth-order valence-corrected chi connectivity index (χ4v) is 0.499. The second kappa shape index (κ2) is 5.11. The zero-order valence-corrected chi connectivity index (χ0v) is 6.37. The average molecular weight is 174 g/mol. The van der Waals surface area contributed by atoms with Crippen molar-refractivity contribution in [3.05, 3.63) is 0 Å². The van der Waals surface area contributed by atoms with Crippen LogP contribution in [0.5, 0.6) is 0 Å². The molecule has 0 fully saturated rings. The van der Waals surface area contributed by atoms with E-state index >= 15 is 0 Å². The summed E-state index contributed by atoms with van der Waals surface area (Å²) >= 11 is 0. The largest absolute Gasteiger partial charge is 0.480 e. The van der Waals surface area contributed by atoms with Gasteiger partial charge in [-0.05, 0) is 0 Å². The number of primary amides is 1. The minimum atomic E-state index is -1.12. The molecule has 0 saturated carbocycles. The number of carboxylic acid groups (broad SMARTS) is 1. The molecule has 2 amide bonds. The Hall–Kier alpha value is -1.59. The number of aliphatic carboxylic acids is 1. The van der Waals surface area contributed by atoms with Gasteiger partial charge in [0.25, 0.3) is 0 Å². The second-order valence-electron chi connectivity index (χ2n) is 2.14. The first kappa shape index (κ1) is 10.4.